The Morgan fingerprint density at radius 3 is 2.83 bits per heavy atom. The molecule has 0 aliphatic rings. The second kappa shape index (κ2) is 7.31. The number of hydrogen-bond acceptors (Lipinski definition) is 8. The Bertz CT molecular complexity index is 797. The van der Waals surface area contributed by atoms with Crippen molar-refractivity contribution in [2.24, 2.45) is 5.84 Å². The Morgan fingerprint density at radius 2 is 2.17 bits per heavy atom. The summed E-state index contributed by atoms with van der Waals surface area (Å²) in [4.78, 5) is 40.6. The third-order valence-corrected chi connectivity index (χ3v) is 4.28. The lowest BCUT2D eigenvalue weighted by atomic mass is 10.2. The molecule has 0 fully saturated rings. The predicted molar refractivity (Wildman–Crippen MR) is 83.1 cm³/mol. The van der Waals surface area contributed by atoms with Gasteiger partial charge in [0.25, 0.3) is 11.5 Å². The van der Waals surface area contributed by atoms with Gasteiger partial charge in [0, 0.05) is 7.11 Å². The Hall–Kier alpha value is -2.30. The van der Waals surface area contributed by atoms with Gasteiger partial charge >= 0.3 is 5.97 Å². The minimum Gasteiger partial charge on any atom is -0.459 e. The highest BCUT2D eigenvalue weighted by molar-refractivity contribution is 7.20. The average molecular weight is 340 g/mol. The number of nitrogens with two attached hydrogens (primary N) is 1. The first-order valence-electron chi connectivity index (χ1n) is 6.63. The van der Waals surface area contributed by atoms with Crippen molar-refractivity contribution in [2.75, 3.05) is 20.3 Å². The number of thiophene rings is 1. The number of aryl methyl sites for hydroxylation is 1. The molecule has 10 heteroatoms. The number of fused-ring (bicyclic) bond motifs is 1. The van der Waals surface area contributed by atoms with Crippen LogP contribution in [0.1, 0.15) is 15.2 Å². The number of nitrogens with zero attached hydrogens (tertiary/aromatic N) is 2. The Morgan fingerprint density at radius 1 is 1.43 bits per heavy atom. The number of carbonyl (C=O) groups excluding carboxylic acids is 2. The van der Waals surface area contributed by atoms with Crippen LogP contribution in [0.25, 0.3) is 10.2 Å². The van der Waals surface area contributed by atoms with Crippen molar-refractivity contribution >= 4 is 33.4 Å². The molecule has 0 aliphatic carbocycles. The number of amides is 1. The van der Waals surface area contributed by atoms with Gasteiger partial charge in [-0.25, -0.2) is 15.6 Å². The van der Waals surface area contributed by atoms with E-state index in [9.17, 15) is 14.4 Å². The largest absolute Gasteiger partial charge is 0.459 e. The molecule has 2 aromatic heterocycles. The molecule has 2 aromatic rings. The van der Waals surface area contributed by atoms with Crippen molar-refractivity contribution in [3.05, 3.63) is 27.1 Å². The van der Waals surface area contributed by atoms with E-state index in [0.717, 1.165) is 15.9 Å². The minimum absolute atomic E-state index is 0.122. The van der Waals surface area contributed by atoms with E-state index in [1.54, 1.807) is 6.92 Å². The van der Waals surface area contributed by atoms with E-state index in [4.69, 9.17) is 15.3 Å². The number of hydrazine groups is 1. The van der Waals surface area contributed by atoms with E-state index >= 15 is 0 Å². The maximum atomic E-state index is 12.4. The van der Waals surface area contributed by atoms with Crippen LogP contribution in [0.5, 0.6) is 0 Å². The zero-order chi connectivity index (χ0) is 17.0. The molecule has 0 bridgehead atoms. The first-order chi connectivity index (χ1) is 11.0. The first-order valence-corrected chi connectivity index (χ1v) is 7.45. The fourth-order valence-corrected chi connectivity index (χ4v) is 2.98. The fraction of sp³-hybridized carbons (Fsp3) is 0.385. The van der Waals surface area contributed by atoms with Crippen LogP contribution in [-0.2, 0) is 20.8 Å². The van der Waals surface area contributed by atoms with Gasteiger partial charge < -0.3 is 9.47 Å². The van der Waals surface area contributed by atoms with Crippen LogP contribution >= 0.6 is 11.3 Å². The van der Waals surface area contributed by atoms with E-state index in [2.05, 4.69) is 4.98 Å². The molecule has 0 radical (unpaired) electrons. The zero-order valence-electron chi connectivity index (χ0n) is 12.6. The summed E-state index contributed by atoms with van der Waals surface area (Å²) < 4.78 is 11.0. The number of aromatic nitrogens is 2. The Kier molecular flexibility index (Phi) is 5.42. The van der Waals surface area contributed by atoms with Crippen LogP contribution in [0.15, 0.2) is 11.1 Å². The summed E-state index contributed by atoms with van der Waals surface area (Å²) in [6, 6.07) is 0. The van der Waals surface area contributed by atoms with Gasteiger partial charge in [0.1, 0.15) is 22.9 Å². The van der Waals surface area contributed by atoms with Crippen LogP contribution in [0.3, 0.4) is 0 Å². The van der Waals surface area contributed by atoms with Gasteiger partial charge in [-0.3, -0.25) is 19.6 Å². The molecule has 0 aliphatic heterocycles. The number of esters is 1. The maximum absolute atomic E-state index is 12.4. The number of hydrogen-bond donors (Lipinski definition) is 2. The van der Waals surface area contributed by atoms with E-state index in [0.29, 0.717) is 20.7 Å². The normalized spacial score (nSPS) is 10.7. The standard InChI is InChI=1S/C13H16N4O5S/c1-7-9-11(23-10(7)13(20)22-4-3-21-2)15-6-17(12(9)19)5-8(18)16-14/h6H,3-5,14H2,1-2H3,(H,16,18). The SMILES string of the molecule is COCCOC(=O)c1sc2ncn(CC(=O)NN)c(=O)c2c1C. The van der Waals surface area contributed by atoms with Crippen LogP contribution in [0.4, 0.5) is 0 Å². The average Bonchev–Trinajstić information content (AvgIpc) is 2.87. The van der Waals surface area contributed by atoms with Crippen molar-refractivity contribution in [3.63, 3.8) is 0 Å². The van der Waals surface area contributed by atoms with Gasteiger partial charge in [-0.15, -0.1) is 11.3 Å². The number of methoxy groups -OCH3 is 1. The zero-order valence-corrected chi connectivity index (χ0v) is 13.4. The summed E-state index contributed by atoms with van der Waals surface area (Å²) in [5.74, 6) is 3.95. The second-order valence-electron chi connectivity index (χ2n) is 4.61. The highest BCUT2D eigenvalue weighted by atomic mass is 32.1. The van der Waals surface area contributed by atoms with E-state index in [1.807, 2.05) is 5.43 Å². The van der Waals surface area contributed by atoms with Gasteiger partial charge in [-0.2, -0.15) is 0 Å². The molecule has 1 amide bonds. The quantitative estimate of drug-likeness (QED) is 0.240. The van der Waals surface area contributed by atoms with Crippen LogP contribution in [0, 0.1) is 6.92 Å². The van der Waals surface area contributed by atoms with Crippen molar-refractivity contribution in [1.29, 1.82) is 0 Å². The first kappa shape index (κ1) is 17.1. The van der Waals surface area contributed by atoms with E-state index in [1.165, 1.54) is 13.4 Å². The lowest BCUT2D eigenvalue weighted by Gasteiger charge is -2.04. The van der Waals surface area contributed by atoms with Gasteiger partial charge in [-0.1, -0.05) is 0 Å². The van der Waals surface area contributed by atoms with Crippen LogP contribution < -0.4 is 16.8 Å². The Balaban J connectivity index is 2.38. The number of rotatable bonds is 6. The lowest BCUT2D eigenvalue weighted by molar-refractivity contribution is -0.121. The summed E-state index contributed by atoms with van der Waals surface area (Å²) in [6.07, 6.45) is 1.25. The van der Waals surface area contributed by atoms with Gasteiger partial charge in [-0.05, 0) is 12.5 Å². The molecule has 2 rings (SSSR count). The molecule has 23 heavy (non-hydrogen) atoms. The van der Waals surface area contributed by atoms with Crippen LogP contribution in [0.2, 0.25) is 0 Å². The number of carbonyl (C=O) groups is 2. The van der Waals surface area contributed by atoms with Crippen molar-refractivity contribution in [1.82, 2.24) is 15.0 Å². The van der Waals surface area contributed by atoms with E-state index in [-0.39, 0.29) is 19.8 Å². The third-order valence-electron chi connectivity index (χ3n) is 3.10. The molecule has 2 heterocycles. The second-order valence-corrected chi connectivity index (χ2v) is 5.61. The number of ether oxygens (including phenoxy) is 2. The smallest absolute Gasteiger partial charge is 0.348 e. The summed E-state index contributed by atoms with van der Waals surface area (Å²) in [5.41, 5.74) is 2.01. The molecule has 9 nitrogen and oxygen atoms in total. The van der Waals surface area contributed by atoms with Crippen molar-refractivity contribution in [3.8, 4) is 0 Å². The highest BCUT2D eigenvalue weighted by Gasteiger charge is 2.20. The third kappa shape index (κ3) is 3.55. The molecule has 0 aromatic carbocycles. The van der Waals surface area contributed by atoms with Crippen molar-refractivity contribution < 1.29 is 19.1 Å². The molecule has 0 saturated carbocycles. The summed E-state index contributed by atoms with van der Waals surface area (Å²) >= 11 is 1.07. The van der Waals surface area contributed by atoms with Gasteiger partial charge in [0.15, 0.2) is 0 Å². The molecule has 0 saturated heterocycles. The maximum Gasteiger partial charge on any atom is 0.348 e. The monoisotopic (exact) mass is 340 g/mol. The summed E-state index contributed by atoms with van der Waals surface area (Å²) in [5, 5.41) is 0.293. The molecular weight excluding hydrogens is 324 g/mol. The summed E-state index contributed by atoms with van der Waals surface area (Å²) in [6.45, 7) is 1.80. The Labute approximate surface area is 135 Å². The summed E-state index contributed by atoms with van der Waals surface area (Å²) in [7, 11) is 1.50. The minimum atomic E-state index is -0.534. The molecule has 0 spiro atoms. The molecular formula is C13H16N4O5S. The highest BCUT2D eigenvalue weighted by Crippen LogP contribution is 2.27. The van der Waals surface area contributed by atoms with E-state index < -0.39 is 17.4 Å². The lowest BCUT2D eigenvalue weighted by Crippen LogP contribution is -2.36. The van der Waals surface area contributed by atoms with Gasteiger partial charge in [0.05, 0.1) is 18.3 Å². The predicted octanol–water partition coefficient (Wildman–Crippen LogP) is -0.440. The molecule has 0 atom stereocenters. The molecule has 124 valence electrons. The van der Waals surface area contributed by atoms with Crippen molar-refractivity contribution in [2.45, 2.75) is 13.5 Å². The topological polar surface area (TPSA) is 126 Å². The van der Waals surface area contributed by atoms with Crippen LogP contribution in [-0.4, -0.2) is 41.8 Å². The molecule has 0 unspecified atom stereocenters. The fourth-order valence-electron chi connectivity index (χ4n) is 1.95. The molecule has 3 N–H and O–H groups in total. The van der Waals surface area contributed by atoms with Gasteiger partial charge in [0.2, 0.25) is 0 Å². The number of nitrogens with one attached hydrogen (secondary N) is 1.